The van der Waals surface area contributed by atoms with Crippen LogP contribution in [0.25, 0.3) is 0 Å². The number of para-hydroxylation sites is 1. The summed E-state index contributed by atoms with van der Waals surface area (Å²) in [5.74, 6) is 1.26. The van der Waals surface area contributed by atoms with E-state index in [4.69, 9.17) is 0 Å². The number of benzene rings is 1. The molecule has 0 radical (unpaired) electrons. The summed E-state index contributed by atoms with van der Waals surface area (Å²) in [4.78, 5) is 4.91. The number of piperazine rings is 1. The van der Waals surface area contributed by atoms with Gasteiger partial charge in [0.1, 0.15) is 5.82 Å². The number of nitrogens with zero attached hydrogens (tertiary/aromatic N) is 4. The van der Waals surface area contributed by atoms with E-state index in [9.17, 15) is 0 Å². The molecule has 112 valence electrons. The maximum atomic E-state index is 4.57. The molecular formula is C16H21BrN4. The van der Waals surface area contributed by atoms with Gasteiger partial charge in [-0.05, 0) is 19.1 Å². The fraction of sp³-hybridized carbons (Fsp3) is 0.438. The molecule has 3 rings (SSSR count). The quantitative estimate of drug-likeness (QED) is 0.797. The van der Waals surface area contributed by atoms with Crippen molar-refractivity contribution >= 4 is 27.4 Å². The first kappa shape index (κ1) is 14.4. The molecule has 21 heavy (non-hydrogen) atoms. The fourth-order valence-corrected chi connectivity index (χ4v) is 3.71. The van der Waals surface area contributed by atoms with Crippen molar-refractivity contribution in [3.63, 3.8) is 0 Å². The standard InChI is InChI=1S/C16H21BrN4/c1-13-15(12-17)16(19(2)18-13)21-10-8-20(9-11-21)14-6-4-3-5-7-14/h3-7H,8-12H2,1-2H3. The first-order chi connectivity index (χ1) is 10.2. The molecule has 1 aromatic heterocycles. The van der Waals surface area contributed by atoms with Gasteiger partial charge in [0.25, 0.3) is 0 Å². The molecule has 1 aromatic carbocycles. The van der Waals surface area contributed by atoms with Gasteiger partial charge in [-0.1, -0.05) is 34.1 Å². The molecule has 0 amide bonds. The highest BCUT2D eigenvalue weighted by molar-refractivity contribution is 9.08. The van der Waals surface area contributed by atoms with Crippen molar-refractivity contribution in [2.24, 2.45) is 7.05 Å². The van der Waals surface area contributed by atoms with Gasteiger partial charge in [0.2, 0.25) is 0 Å². The van der Waals surface area contributed by atoms with Crippen LogP contribution in [0.15, 0.2) is 30.3 Å². The normalized spacial score (nSPS) is 15.6. The molecule has 0 bridgehead atoms. The molecule has 2 heterocycles. The lowest BCUT2D eigenvalue weighted by atomic mass is 10.2. The van der Waals surface area contributed by atoms with Crippen LogP contribution in [-0.2, 0) is 12.4 Å². The van der Waals surface area contributed by atoms with Crippen molar-refractivity contribution in [2.75, 3.05) is 36.0 Å². The average Bonchev–Trinajstić information content (AvgIpc) is 2.82. The molecule has 1 fully saturated rings. The van der Waals surface area contributed by atoms with Crippen molar-refractivity contribution < 1.29 is 0 Å². The van der Waals surface area contributed by atoms with Crippen LogP contribution < -0.4 is 9.80 Å². The van der Waals surface area contributed by atoms with Crippen molar-refractivity contribution in [1.82, 2.24) is 9.78 Å². The van der Waals surface area contributed by atoms with E-state index in [1.807, 2.05) is 11.7 Å². The summed E-state index contributed by atoms with van der Waals surface area (Å²) in [6.07, 6.45) is 0. The number of alkyl halides is 1. The highest BCUT2D eigenvalue weighted by Crippen LogP contribution is 2.27. The van der Waals surface area contributed by atoms with Gasteiger partial charge in [0.15, 0.2) is 0 Å². The number of hydrogen-bond acceptors (Lipinski definition) is 3. The number of rotatable bonds is 3. The zero-order valence-electron chi connectivity index (χ0n) is 12.6. The highest BCUT2D eigenvalue weighted by atomic mass is 79.9. The van der Waals surface area contributed by atoms with Gasteiger partial charge >= 0.3 is 0 Å². The smallest absolute Gasteiger partial charge is 0.130 e. The summed E-state index contributed by atoms with van der Waals surface area (Å²) in [6.45, 7) is 6.26. The van der Waals surface area contributed by atoms with Gasteiger partial charge in [-0.2, -0.15) is 5.10 Å². The molecule has 5 heteroatoms. The Bertz CT molecular complexity index is 600. The van der Waals surface area contributed by atoms with Gasteiger partial charge in [0.05, 0.1) is 5.69 Å². The summed E-state index contributed by atoms with van der Waals surface area (Å²) >= 11 is 3.60. The van der Waals surface area contributed by atoms with E-state index < -0.39 is 0 Å². The Kier molecular flexibility index (Phi) is 4.19. The number of hydrogen-bond donors (Lipinski definition) is 0. The van der Waals surface area contributed by atoms with Crippen molar-refractivity contribution in [3.05, 3.63) is 41.6 Å². The lowest BCUT2D eigenvalue weighted by molar-refractivity contribution is 0.623. The molecule has 0 unspecified atom stereocenters. The molecule has 0 N–H and O–H groups in total. The monoisotopic (exact) mass is 348 g/mol. The lowest BCUT2D eigenvalue weighted by Gasteiger charge is -2.37. The Morgan fingerprint density at radius 2 is 1.67 bits per heavy atom. The molecule has 0 aliphatic carbocycles. The lowest BCUT2D eigenvalue weighted by Crippen LogP contribution is -2.47. The van der Waals surface area contributed by atoms with Gasteiger partial charge < -0.3 is 9.80 Å². The highest BCUT2D eigenvalue weighted by Gasteiger charge is 2.23. The summed E-state index contributed by atoms with van der Waals surface area (Å²) < 4.78 is 2.02. The van der Waals surface area contributed by atoms with Crippen molar-refractivity contribution in [3.8, 4) is 0 Å². The average molecular weight is 349 g/mol. The predicted octanol–water partition coefficient (Wildman–Crippen LogP) is 2.95. The summed E-state index contributed by atoms with van der Waals surface area (Å²) in [6, 6.07) is 10.7. The van der Waals surface area contributed by atoms with Crippen LogP contribution >= 0.6 is 15.9 Å². The van der Waals surface area contributed by atoms with Gasteiger partial charge in [-0.15, -0.1) is 0 Å². The Labute approximate surface area is 134 Å². The van der Waals surface area contributed by atoms with E-state index in [2.05, 4.69) is 68.1 Å². The zero-order chi connectivity index (χ0) is 14.8. The Morgan fingerprint density at radius 3 is 2.29 bits per heavy atom. The third-order valence-corrected chi connectivity index (χ3v) is 4.71. The van der Waals surface area contributed by atoms with Crippen LogP contribution in [0.4, 0.5) is 11.5 Å². The van der Waals surface area contributed by atoms with Crippen molar-refractivity contribution in [2.45, 2.75) is 12.3 Å². The Hall–Kier alpha value is -1.49. The molecule has 4 nitrogen and oxygen atoms in total. The molecule has 0 spiro atoms. The third-order valence-electron chi connectivity index (χ3n) is 4.15. The van der Waals surface area contributed by atoms with Crippen LogP contribution in [0, 0.1) is 6.92 Å². The minimum atomic E-state index is 0.862. The van der Waals surface area contributed by atoms with E-state index >= 15 is 0 Å². The number of halogens is 1. The molecule has 2 aromatic rings. The van der Waals surface area contributed by atoms with Crippen LogP contribution in [-0.4, -0.2) is 36.0 Å². The van der Waals surface area contributed by atoms with E-state index in [0.717, 1.165) is 37.2 Å². The van der Waals surface area contributed by atoms with E-state index in [-0.39, 0.29) is 0 Å². The maximum absolute atomic E-state index is 4.57. The number of aryl methyl sites for hydroxylation is 2. The molecule has 1 aliphatic rings. The molecule has 0 atom stereocenters. The number of aromatic nitrogens is 2. The Morgan fingerprint density at radius 1 is 1.05 bits per heavy atom. The van der Waals surface area contributed by atoms with Gasteiger partial charge in [-0.25, -0.2) is 0 Å². The fourth-order valence-electron chi connectivity index (χ4n) is 3.06. The Balaban J connectivity index is 1.74. The first-order valence-corrected chi connectivity index (χ1v) is 8.46. The maximum Gasteiger partial charge on any atom is 0.130 e. The second-order valence-corrected chi connectivity index (χ2v) is 6.02. The second-order valence-electron chi connectivity index (χ2n) is 5.45. The molecular weight excluding hydrogens is 328 g/mol. The van der Waals surface area contributed by atoms with Crippen LogP contribution in [0.1, 0.15) is 11.3 Å². The first-order valence-electron chi connectivity index (χ1n) is 7.34. The summed E-state index contributed by atoms with van der Waals surface area (Å²) in [5, 5.41) is 5.43. The molecule has 1 aliphatic heterocycles. The van der Waals surface area contributed by atoms with E-state index in [0.29, 0.717) is 0 Å². The van der Waals surface area contributed by atoms with Crippen LogP contribution in [0.2, 0.25) is 0 Å². The van der Waals surface area contributed by atoms with Crippen molar-refractivity contribution in [1.29, 1.82) is 0 Å². The van der Waals surface area contributed by atoms with Gasteiger partial charge in [-0.3, -0.25) is 4.68 Å². The zero-order valence-corrected chi connectivity index (χ0v) is 14.2. The SMILES string of the molecule is Cc1nn(C)c(N2CCN(c3ccccc3)CC2)c1CBr. The van der Waals surface area contributed by atoms with Crippen LogP contribution in [0.5, 0.6) is 0 Å². The summed E-state index contributed by atoms with van der Waals surface area (Å²) in [5.41, 5.74) is 3.75. The largest absolute Gasteiger partial charge is 0.368 e. The van der Waals surface area contributed by atoms with E-state index in [1.165, 1.54) is 17.1 Å². The minimum absolute atomic E-state index is 0.862. The topological polar surface area (TPSA) is 24.3 Å². The molecule has 1 saturated heterocycles. The van der Waals surface area contributed by atoms with E-state index in [1.54, 1.807) is 0 Å². The second kappa shape index (κ2) is 6.10. The van der Waals surface area contributed by atoms with Gasteiger partial charge in [0, 0.05) is 49.8 Å². The van der Waals surface area contributed by atoms with Crippen LogP contribution in [0.3, 0.4) is 0 Å². The molecule has 0 saturated carbocycles. The predicted molar refractivity (Wildman–Crippen MR) is 91.4 cm³/mol. The number of anilines is 2. The summed E-state index contributed by atoms with van der Waals surface area (Å²) in [7, 11) is 2.04. The third kappa shape index (κ3) is 2.79. The minimum Gasteiger partial charge on any atom is -0.368 e.